The molecule has 8 heteroatoms. The molecule has 1 aliphatic rings. The molecule has 0 aromatic carbocycles. The number of nitrogens with zero attached hydrogens (tertiary/aromatic N) is 4. The van der Waals surface area contributed by atoms with Gasteiger partial charge in [-0.3, -0.25) is 4.21 Å². The molecular weight excluding hydrogens is 254 g/mol. The zero-order chi connectivity index (χ0) is 13.0. The molecule has 1 aliphatic heterocycles. The maximum Gasteiger partial charge on any atom is 0.322 e. The zero-order valence-corrected chi connectivity index (χ0v) is 11.4. The van der Waals surface area contributed by atoms with Crippen molar-refractivity contribution in [3.05, 3.63) is 0 Å². The molecule has 0 unspecified atom stereocenters. The van der Waals surface area contributed by atoms with Gasteiger partial charge in [-0.25, -0.2) is 0 Å². The second kappa shape index (κ2) is 5.94. The predicted molar refractivity (Wildman–Crippen MR) is 70.6 cm³/mol. The normalized spacial score (nSPS) is 16.7. The highest BCUT2D eigenvalue weighted by molar-refractivity contribution is 7.85. The van der Waals surface area contributed by atoms with Gasteiger partial charge in [-0.2, -0.15) is 15.0 Å². The fourth-order valence-electron chi connectivity index (χ4n) is 1.65. The molecule has 0 saturated carbocycles. The molecule has 100 valence electrons. The Labute approximate surface area is 108 Å². The third-order valence-electron chi connectivity index (χ3n) is 2.58. The second-order valence-corrected chi connectivity index (χ2v) is 5.51. The van der Waals surface area contributed by atoms with Crippen LogP contribution in [0.5, 0.6) is 6.01 Å². The summed E-state index contributed by atoms with van der Waals surface area (Å²) in [5.41, 5.74) is 0. The van der Waals surface area contributed by atoms with Crippen molar-refractivity contribution in [1.29, 1.82) is 0 Å². The summed E-state index contributed by atoms with van der Waals surface area (Å²) in [5, 5.41) is 3.04. The quantitative estimate of drug-likeness (QED) is 0.817. The van der Waals surface area contributed by atoms with Crippen molar-refractivity contribution < 1.29 is 8.95 Å². The second-order valence-electron chi connectivity index (χ2n) is 3.81. The smallest absolute Gasteiger partial charge is 0.322 e. The summed E-state index contributed by atoms with van der Waals surface area (Å²) >= 11 is 0. The molecule has 0 bridgehead atoms. The van der Waals surface area contributed by atoms with Gasteiger partial charge in [-0.1, -0.05) is 0 Å². The average molecular weight is 271 g/mol. The lowest BCUT2D eigenvalue weighted by Crippen LogP contribution is -2.39. The molecule has 0 amide bonds. The van der Waals surface area contributed by atoms with Gasteiger partial charge in [0.2, 0.25) is 11.9 Å². The molecule has 2 rings (SSSR count). The van der Waals surface area contributed by atoms with Crippen LogP contribution in [-0.2, 0) is 10.8 Å². The van der Waals surface area contributed by atoms with E-state index < -0.39 is 10.8 Å². The Hall–Kier alpha value is -1.44. The molecule has 7 nitrogen and oxygen atoms in total. The van der Waals surface area contributed by atoms with Gasteiger partial charge in [0, 0.05) is 41.9 Å². The van der Waals surface area contributed by atoms with Crippen LogP contribution in [0.2, 0.25) is 0 Å². The van der Waals surface area contributed by atoms with Gasteiger partial charge in [-0.05, 0) is 6.92 Å². The lowest BCUT2D eigenvalue weighted by atomic mass is 10.5. The van der Waals surface area contributed by atoms with E-state index in [1.165, 1.54) is 7.11 Å². The molecule has 18 heavy (non-hydrogen) atoms. The summed E-state index contributed by atoms with van der Waals surface area (Å²) in [6.45, 7) is 4.10. The first-order valence-electron chi connectivity index (χ1n) is 5.86. The van der Waals surface area contributed by atoms with E-state index in [1.807, 2.05) is 11.8 Å². The van der Waals surface area contributed by atoms with Crippen LogP contribution in [0.3, 0.4) is 0 Å². The first-order chi connectivity index (χ1) is 8.72. The van der Waals surface area contributed by atoms with Crippen LogP contribution < -0.4 is 15.0 Å². The Kier molecular flexibility index (Phi) is 4.29. The molecule has 0 radical (unpaired) electrons. The van der Waals surface area contributed by atoms with Gasteiger partial charge in [0.1, 0.15) is 0 Å². The average Bonchev–Trinajstić information content (AvgIpc) is 2.39. The van der Waals surface area contributed by atoms with Gasteiger partial charge in [-0.15, -0.1) is 0 Å². The Balaban J connectivity index is 2.20. The number of ether oxygens (including phenoxy) is 1. The van der Waals surface area contributed by atoms with Crippen molar-refractivity contribution in [3.63, 3.8) is 0 Å². The molecule has 1 N–H and O–H groups in total. The molecule has 1 saturated heterocycles. The van der Waals surface area contributed by atoms with Crippen LogP contribution in [0.4, 0.5) is 11.9 Å². The van der Waals surface area contributed by atoms with Crippen LogP contribution in [0.25, 0.3) is 0 Å². The maximum atomic E-state index is 11.3. The molecule has 1 aromatic heterocycles. The summed E-state index contributed by atoms with van der Waals surface area (Å²) in [4.78, 5) is 14.7. The standard InChI is InChI=1S/C10H17N5O2S/c1-3-11-8-12-9(14-10(13-8)17-2)15-4-6-18(16)7-5-15/h3-7H2,1-2H3,(H,11,12,13,14). The minimum atomic E-state index is -0.710. The van der Waals surface area contributed by atoms with E-state index in [2.05, 4.69) is 20.3 Å². The van der Waals surface area contributed by atoms with Crippen molar-refractivity contribution in [2.75, 3.05) is 48.5 Å². The van der Waals surface area contributed by atoms with E-state index in [1.54, 1.807) is 0 Å². The molecule has 2 heterocycles. The summed E-state index contributed by atoms with van der Waals surface area (Å²) in [5.74, 6) is 2.40. The topological polar surface area (TPSA) is 80.2 Å². The number of aromatic nitrogens is 3. The number of methoxy groups -OCH3 is 1. The highest BCUT2D eigenvalue weighted by atomic mass is 32.2. The predicted octanol–water partition coefficient (Wildman–Crippen LogP) is -0.119. The number of nitrogens with one attached hydrogen (secondary N) is 1. The molecule has 0 atom stereocenters. The summed E-state index contributed by atoms with van der Waals surface area (Å²) in [6.07, 6.45) is 0. The van der Waals surface area contributed by atoms with Gasteiger partial charge in [0.05, 0.1) is 7.11 Å². The molecule has 1 fully saturated rings. The van der Waals surface area contributed by atoms with Crippen LogP contribution in [0.15, 0.2) is 0 Å². The lowest BCUT2D eigenvalue weighted by molar-refractivity contribution is 0.378. The SMILES string of the molecule is CCNc1nc(OC)nc(N2CCS(=O)CC2)n1. The van der Waals surface area contributed by atoms with Crippen LogP contribution in [-0.4, -0.2) is 57.4 Å². The van der Waals surface area contributed by atoms with Gasteiger partial charge in [0.15, 0.2) is 0 Å². The Morgan fingerprint density at radius 3 is 2.67 bits per heavy atom. The van der Waals surface area contributed by atoms with Crippen molar-refractivity contribution in [3.8, 4) is 6.01 Å². The summed E-state index contributed by atoms with van der Waals surface area (Å²) < 4.78 is 16.4. The minimum absolute atomic E-state index is 0.294. The first-order valence-corrected chi connectivity index (χ1v) is 7.35. The molecule has 0 aliphatic carbocycles. The van der Waals surface area contributed by atoms with E-state index in [-0.39, 0.29) is 0 Å². The van der Waals surface area contributed by atoms with Crippen LogP contribution in [0, 0.1) is 0 Å². The van der Waals surface area contributed by atoms with E-state index in [4.69, 9.17) is 4.74 Å². The van der Waals surface area contributed by atoms with E-state index in [9.17, 15) is 4.21 Å². The Bertz CT molecular complexity index is 432. The first kappa shape index (κ1) is 13.0. The van der Waals surface area contributed by atoms with Crippen molar-refractivity contribution in [1.82, 2.24) is 15.0 Å². The van der Waals surface area contributed by atoms with Gasteiger partial charge < -0.3 is 15.0 Å². The lowest BCUT2D eigenvalue weighted by Gasteiger charge is -2.26. The third-order valence-corrected chi connectivity index (χ3v) is 3.86. The largest absolute Gasteiger partial charge is 0.467 e. The maximum absolute atomic E-state index is 11.3. The third kappa shape index (κ3) is 3.06. The Morgan fingerprint density at radius 2 is 2.06 bits per heavy atom. The monoisotopic (exact) mass is 271 g/mol. The van der Waals surface area contributed by atoms with Gasteiger partial charge in [0.25, 0.3) is 0 Å². The zero-order valence-electron chi connectivity index (χ0n) is 10.5. The van der Waals surface area contributed by atoms with Crippen molar-refractivity contribution in [2.45, 2.75) is 6.92 Å². The van der Waals surface area contributed by atoms with Crippen LogP contribution >= 0.6 is 0 Å². The number of hydrogen-bond acceptors (Lipinski definition) is 7. The molecule has 0 spiro atoms. The number of anilines is 2. The highest BCUT2D eigenvalue weighted by Crippen LogP contribution is 2.16. The number of hydrogen-bond donors (Lipinski definition) is 1. The van der Waals surface area contributed by atoms with E-state index >= 15 is 0 Å². The summed E-state index contributed by atoms with van der Waals surface area (Å²) in [7, 11) is 0.818. The van der Waals surface area contributed by atoms with Crippen LogP contribution in [0.1, 0.15) is 6.92 Å². The summed E-state index contributed by atoms with van der Waals surface area (Å²) in [6, 6.07) is 0.294. The van der Waals surface area contributed by atoms with Gasteiger partial charge >= 0.3 is 6.01 Å². The highest BCUT2D eigenvalue weighted by Gasteiger charge is 2.19. The van der Waals surface area contributed by atoms with E-state index in [0.717, 1.165) is 6.54 Å². The minimum Gasteiger partial charge on any atom is -0.467 e. The molecular formula is C10H17N5O2S. The van der Waals surface area contributed by atoms with Crippen molar-refractivity contribution in [2.24, 2.45) is 0 Å². The fourth-order valence-corrected chi connectivity index (χ4v) is 2.71. The van der Waals surface area contributed by atoms with Crippen molar-refractivity contribution >= 4 is 22.7 Å². The number of rotatable bonds is 4. The van der Waals surface area contributed by atoms with E-state index in [0.29, 0.717) is 42.5 Å². The molecule has 1 aromatic rings. The Morgan fingerprint density at radius 1 is 1.33 bits per heavy atom. The fraction of sp³-hybridized carbons (Fsp3) is 0.700.